The highest BCUT2D eigenvalue weighted by atomic mass is 35.5. The molecule has 0 amide bonds. The van der Waals surface area contributed by atoms with Crippen molar-refractivity contribution in [1.29, 1.82) is 0 Å². The Balaban J connectivity index is 2.32. The van der Waals surface area contributed by atoms with Crippen LogP contribution in [-0.2, 0) is 16.2 Å². The molecule has 8 heteroatoms. The van der Waals surface area contributed by atoms with Crippen LogP contribution < -0.4 is 4.72 Å². The van der Waals surface area contributed by atoms with Crippen molar-refractivity contribution in [1.82, 2.24) is 4.72 Å². The standard InChI is InChI=1S/C12H13ClF3NO2S/c1-7(8-2-3-8)17-20(18,19)9-4-5-11(13)10(6-9)12(14,15)16/h4-8,17H,2-3H2,1H3/t7-/m0/s1. The fraction of sp³-hybridized carbons (Fsp3) is 0.500. The summed E-state index contributed by atoms with van der Waals surface area (Å²) in [4.78, 5) is -0.429. The molecule has 0 unspecified atom stereocenters. The Kier molecular flexibility index (Phi) is 4.05. The third-order valence-corrected chi connectivity index (χ3v) is 5.11. The van der Waals surface area contributed by atoms with Crippen LogP contribution in [0.3, 0.4) is 0 Å². The summed E-state index contributed by atoms with van der Waals surface area (Å²) in [6.07, 6.45) is -2.83. The number of hydrogen-bond acceptors (Lipinski definition) is 2. The minimum Gasteiger partial charge on any atom is -0.208 e. The van der Waals surface area contributed by atoms with Crippen LogP contribution in [0.15, 0.2) is 23.1 Å². The van der Waals surface area contributed by atoms with Crippen LogP contribution in [-0.4, -0.2) is 14.5 Å². The molecule has 1 N–H and O–H groups in total. The Labute approximate surface area is 120 Å². The maximum Gasteiger partial charge on any atom is 0.417 e. The lowest BCUT2D eigenvalue weighted by Crippen LogP contribution is -2.34. The van der Waals surface area contributed by atoms with Gasteiger partial charge >= 0.3 is 6.18 Å². The number of halogens is 4. The molecule has 1 aromatic carbocycles. The van der Waals surface area contributed by atoms with E-state index in [1.165, 1.54) is 0 Å². The van der Waals surface area contributed by atoms with Gasteiger partial charge in [0.05, 0.1) is 15.5 Å². The molecule has 0 aliphatic heterocycles. The molecule has 1 aromatic rings. The highest BCUT2D eigenvalue weighted by molar-refractivity contribution is 7.89. The highest BCUT2D eigenvalue weighted by Crippen LogP contribution is 2.36. The summed E-state index contributed by atoms with van der Waals surface area (Å²) in [5.74, 6) is 0.263. The summed E-state index contributed by atoms with van der Waals surface area (Å²) in [5.41, 5.74) is -1.15. The van der Waals surface area contributed by atoms with Gasteiger partial charge in [0.15, 0.2) is 0 Å². The van der Waals surface area contributed by atoms with Gasteiger partial charge in [0.1, 0.15) is 0 Å². The van der Waals surface area contributed by atoms with E-state index >= 15 is 0 Å². The van der Waals surface area contributed by atoms with Crippen molar-refractivity contribution in [3.05, 3.63) is 28.8 Å². The summed E-state index contributed by atoms with van der Waals surface area (Å²) in [7, 11) is -3.97. The van der Waals surface area contributed by atoms with Gasteiger partial charge in [-0.15, -0.1) is 0 Å². The Hall–Kier alpha value is -0.790. The number of rotatable bonds is 4. The minimum absolute atomic E-state index is 0.263. The largest absolute Gasteiger partial charge is 0.417 e. The zero-order valence-corrected chi connectivity index (χ0v) is 12.1. The van der Waals surface area contributed by atoms with Gasteiger partial charge < -0.3 is 0 Å². The molecule has 0 aromatic heterocycles. The number of sulfonamides is 1. The second-order valence-corrected chi connectivity index (χ2v) is 7.01. The third kappa shape index (κ3) is 3.45. The van der Waals surface area contributed by atoms with Gasteiger partial charge in [0.25, 0.3) is 0 Å². The van der Waals surface area contributed by atoms with Crippen molar-refractivity contribution in [2.75, 3.05) is 0 Å². The molecule has 1 atom stereocenters. The van der Waals surface area contributed by atoms with Crippen LogP contribution in [0.25, 0.3) is 0 Å². The summed E-state index contributed by atoms with van der Waals surface area (Å²) in [6.45, 7) is 1.70. The van der Waals surface area contributed by atoms with E-state index in [9.17, 15) is 21.6 Å². The van der Waals surface area contributed by atoms with Crippen molar-refractivity contribution < 1.29 is 21.6 Å². The summed E-state index contributed by atoms with van der Waals surface area (Å²) < 4.78 is 64.6. The Morgan fingerprint density at radius 3 is 2.45 bits per heavy atom. The molecule has 0 radical (unpaired) electrons. The Morgan fingerprint density at radius 1 is 1.35 bits per heavy atom. The van der Waals surface area contributed by atoms with E-state index in [4.69, 9.17) is 11.6 Å². The zero-order chi connectivity index (χ0) is 15.1. The second-order valence-electron chi connectivity index (χ2n) is 4.89. The molecule has 0 spiro atoms. The van der Waals surface area contributed by atoms with E-state index in [0.717, 1.165) is 25.0 Å². The van der Waals surface area contributed by atoms with E-state index in [2.05, 4.69) is 4.72 Å². The van der Waals surface area contributed by atoms with Gasteiger partial charge in [-0.25, -0.2) is 13.1 Å². The average molecular weight is 328 g/mol. The first-order valence-corrected chi connectivity index (χ1v) is 7.86. The van der Waals surface area contributed by atoms with Crippen LogP contribution >= 0.6 is 11.6 Å². The van der Waals surface area contributed by atoms with Crippen LogP contribution in [0.4, 0.5) is 13.2 Å². The first kappa shape index (κ1) is 15.6. The van der Waals surface area contributed by atoms with Gasteiger partial charge in [-0.05, 0) is 43.9 Å². The lowest BCUT2D eigenvalue weighted by Gasteiger charge is -2.15. The number of hydrogen-bond donors (Lipinski definition) is 1. The topological polar surface area (TPSA) is 46.2 Å². The molecular weight excluding hydrogens is 315 g/mol. The molecule has 1 saturated carbocycles. The summed E-state index contributed by atoms with van der Waals surface area (Å²) in [5, 5.41) is -0.522. The van der Waals surface area contributed by atoms with E-state index in [1.807, 2.05) is 0 Å². The lowest BCUT2D eigenvalue weighted by atomic mass is 10.2. The number of alkyl halides is 3. The summed E-state index contributed by atoms with van der Waals surface area (Å²) >= 11 is 5.46. The predicted molar refractivity (Wildman–Crippen MR) is 69.0 cm³/mol. The van der Waals surface area contributed by atoms with E-state index < -0.39 is 31.7 Å². The number of nitrogens with one attached hydrogen (secondary N) is 1. The van der Waals surface area contributed by atoms with Gasteiger partial charge in [0, 0.05) is 6.04 Å². The maximum absolute atomic E-state index is 12.7. The van der Waals surface area contributed by atoms with Gasteiger partial charge in [-0.2, -0.15) is 13.2 Å². The average Bonchev–Trinajstić information content (AvgIpc) is 3.10. The molecule has 1 aliphatic carbocycles. The van der Waals surface area contributed by atoms with Crippen LogP contribution in [0.1, 0.15) is 25.3 Å². The monoisotopic (exact) mass is 327 g/mol. The highest BCUT2D eigenvalue weighted by Gasteiger charge is 2.35. The predicted octanol–water partition coefficient (Wildman–Crippen LogP) is 3.44. The molecule has 2 rings (SSSR count). The third-order valence-electron chi connectivity index (χ3n) is 3.22. The normalized spacial score (nSPS) is 18.1. The van der Waals surface area contributed by atoms with Gasteiger partial charge in [-0.1, -0.05) is 11.6 Å². The molecule has 1 fully saturated rings. The minimum atomic E-state index is -4.69. The maximum atomic E-state index is 12.7. The van der Waals surface area contributed by atoms with Crippen LogP contribution in [0.5, 0.6) is 0 Å². The lowest BCUT2D eigenvalue weighted by molar-refractivity contribution is -0.137. The van der Waals surface area contributed by atoms with Crippen molar-refractivity contribution in [3.8, 4) is 0 Å². The van der Waals surface area contributed by atoms with Crippen molar-refractivity contribution in [3.63, 3.8) is 0 Å². The molecule has 112 valence electrons. The van der Waals surface area contributed by atoms with Gasteiger partial charge in [-0.3, -0.25) is 0 Å². The van der Waals surface area contributed by atoms with Crippen LogP contribution in [0.2, 0.25) is 5.02 Å². The fourth-order valence-corrected chi connectivity index (χ4v) is 3.46. The molecule has 0 bridgehead atoms. The Bertz CT molecular complexity index is 612. The van der Waals surface area contributed by atoms with Crippen LogP contribution in [0, 0.1) is 5.92 Å². The number of benzene rings is 1. The van der Waals surface area contributed by atoms with E-state index in [1.54, 1.807) is 6.92 Å². The van der Waals surface area contributed by atoms with E-state index in [-0.39, 0.29) is 12.0 Å². The van der Waals surface area contributed by atoms with Gasteiger partial charge in [0.2, 0.25) is 10.0 Å². The first-order valence-electron chi connectivity index (χ1n) is 6.00. The fourth-order valence-electron chi connectivity index (χ4n) is 1.89. The SMILES string of the molecule is C[C@H](NS(=O)(=O)c1ccc(Cl)c(C(F)(F)F)c1)C1CC1. The quantitative estimate of drug-likeness (QED) is 0.921. The summed E-state index contributed by atoms with van der Waals surface area (Å²) in [6, 6.07) is 2.29. The van der Waals surface area contributed by atoms with Crippen molar-refractivity contribution in [2.45, 2.75) is 36.9 Å². The molecular formula is C12H13ClF3NO2S. The Morgan fingerprint density at radius 2 is 1.95 bits per heavy atom. The first-order chi connectivity index (χ1) is 9.11. The zero-order valence-electron chi connectivity index (χ0n) is 10.5. The molecule has 20 heavy (non-hydrogen) atoms. The smallest absolute Gasteiger partial charge is 0.208 e. The molecule has 0 heterocycles. The van der Waals surface area contributed by atoms with Crippen molar-refractivity contribution in [2.24, 2.45) is 5.92 Å². The second kappa shape index (κ2) is 5.20. The molecule has 3 nitrogen and oxygen atoms in total. The molecule has 1 aliphatic rings. The van der Waals surface area contributed by atoms with Crippen molar-refractivity contribution >= 4 is 21.6 Å². The molecule has 0 saturated heterocycles. The van der Waals surface area contributed by atoms with E-state index in [0.29, 0.717) is 6.07 Å².